The molecule has 2 rings (SSSR count). The van der Waals surface area contributed by atoms with Gasteiger partial charge in [-0.25, -0.2) is 0 Å². The number of rotatable bonds is 5. The predicted octanol–water partition coefficient (Wildman–Crippen LogP) is 0.803. The van der Waals surface area contributed by atoms with Gasteiger partial charge in [-0.1, -0.05) is 0 Å². The molecule has 0 spiro atoms. The van der Waals surface area contributed by atoms with Gasteiger partial charge in [-0.2, -0.15) is 0 Å². The van der Waals surface area contributed by atoms with E-state index in [1.54, 1.807) is 0 Å². The van der Waals surface area contributed by atoms with Gasteiger partial charge in [0.15, 0.2) is 0 Å². The summed E-state index contributed by atoms with van der Waals surface area (Å²) in [5.41, 5.74) is 6.05. The lowest BCUT2D eigenvalue weighted by atomic mass is 9.94. The number of carbonyl (C=O) groups is 1. The number of hydrogen-bond donors (Lipinski definition) is 3. The van der Waals surface area contributed by atoms with Crippen molar-refractivity contribution >= 4 is 5.91 Å². The summed E-state index contributed by atoms with van der Waals surface area (Å²) in [5, 5.41) is 12.2. The van der Waals surface area contributed by atoms with Gasteiger partial charge in [0.25, 0.3) is 5.91 Å². The zero-order chi connectivity index (χ0) is 14.4. The summed E-state index contributed by atoms with van der Waals surface area (Å²) in [6.07, 6.45) is 6.94. The first-order chi connectivity index (χ1) is 9.66. The number of nitrogens with one attached hydrogen (secondary N) is 1. The Hall–Kier alpha value is -1.66. The van der Waals surface area contributed by atoms with Crippen LogP contribution in [0.3, 0.4) is 0 Å². The SMILES string of the molecule is NC1CCC(OCCNC(=O)c2ccncc2O)CC1. The summed E-state index contributed by atoms with van der Waals surface area (Å²) in [6, 6.07) is 1.79. The molecule has 6 nitrogen and oxygen atoms in total. The lowest BCUT2D eigenvalue weighted by Crippen LogP contribution is -2.33. The highest BCUT2D eigenvalue weighted by atomic mass is 16.5. The molecule has 20 heavy (non-hydrogen) atoms. The summed E-state index contributed by atoms with van der Waals surface area (Å²) in [4.78, 5) is 15.5. The van der Waals surface area contributed by atoms with E-state index >= 15 is 0 Å². The second kappa shape index (κ2) is 7.21. The molecule has 0 atom stereocenters. The Labute approximate surface area is 118 Å². The first-order valence-corrected chi connectivity index (χ1v) is 6.95. The van der Waals surface area contributed by atoms with Crippen molar-refractivity contribution in [3.05, 3.63) is 24.0 Å². The number of aromatic hydroxyl groups is 1. The van der Waals surface area contributed by atoms with Crippen LogP contribution in [0.1, 0.15) is 36.0 Å². The highest BCUT2D eigenvalue weighted by Crippen LogP contribution is 2.19. The van der Waals surface area contributed by atoms with Gasteiger partial charge in [0.2, 0.25) is 0 Å². The zero-order valence-corrected chi connectivity index (χ0v) is 11.4. The van der Waals surface area contributed by atoms with Crippen LogP contribution in [0.5, 0.6) is 5.75 Å². The van der Waals surface area contributed by atoms with Crippen molar-refractivity contribution in [2.75, 3.05) is 13.2 Å². The van der Waals surface area contributed by atoms with Crippen LogP contribution >= 0.6 is 0 Å². The molecule has 0 saturated heterocycles. The van der Waals surface area contributed by atoms with Crippen molar-refractivity contribution in [3.63, 3.8) is 0 Å². The standard InChI is InChI=1S/C14H21N3O3/c15-10-1-3-11(4-2-10)20-8-7-17-14(19)12-5-6-16-9-13(12)18/h5-6,9-11,18H,1-4,7-8,15H2,(H,17,19). The fourth-order valence-electron chi connectivity index (χ4n) is 2.32. The van der Waals surface area contributed by atoms with Crippen LogP contribution in [-0.2, 0) is 4.74 Å². The minimum absolute atomic E-state index is 0.118. The number of aromatic nitrogens is 1. The van der Waals surface area contributed by atoms with Crippen LogP contribution in [0.2, 0.25) is 0 Å². The van der Waals surface area contributed by atoms with E-state index in [0.29, 0.717) is 19.2 Å². The molecule has 1 saturated carbocycles. The Kier molecular flexibility index (Phi) is 5.31. The molecule has 0 aromatic carbocycles. The third-order valence-electron chi connectivity index (χ3n) is 3.50. The van der Waals surface area contributed by atoms with E-state index in [0.717, 1.165) is 25.7 Å². The fraction of sp³-hybridized carbons (Fsp3) is 0.571. The number of nitrogens with zero attached hydrogens (tertiary/aromatic N) is 1. The summed E-state index contributed by atoms with van der Waals surface area (Å²) in [5.74, 6) is -0.439. The third-order valence-corrected chi connectivity index (χ3v) is 3.50. The molecule has 4 N–H and O–H groups in total. The number of ether oxygens (including phenoxy) is 1. The summed E-state index contributed by atoms with van der Waals surface area (Å²) >= 11 is 0. The van der Waals surface area contributed by atoms with E-state index in [2.05, 4.69) is 10.3 Å². The first kappa shape index (κ1) is 14.7. The molecule has 110 valence electrons. The van der Waals surface area contributed by atoms with E-state index in [-0.39, 0.29) is 23.3 Å². The zero-order valence-electron chi connectivity index (χ0n) is 11.4. The highest BCUT2D eigenvalue weighted by molar-refractivity contribution is 5.96. The van der Waals surface area contributed by atoms with Crippen molar-refractivity contribution < 1.29 is 14.6 Å². The lowest BCUT2D eigenvalue weighted by Gasteiger charge is -2.26. The van der Waals surface area contributed by atoms with Crippen molar-refractivity contribution in [3.8, 4) is 5.75 Å². The van der Waals surface area contributed by atoms with Crippen molar-refractivity contribution in [1.29, 1.82) is 0 Å². The van der Waals surface area contributed by atoms with Gasteiger partial charge in [0.1, 0.15) is 5.75 Å². The Bertz CT molecular complexity index is 445. The molecule has 0 aliphatic heterocycles. The Morgan fingerprint density at radius 1 is 1.45 bits per heavy atom. The second-order valence-electron chi connectivity index (χ2n) is 5.06. The fourth-order valence-corrected chi connectivity index (χ4v) is 2.32. The molecule has 1 amide bonds. The molecule has 0 radical (unpaired) electrons. The van der Waals surface area contributed by atoms with Crippen LogP contribution in [0.15, 0.2) is 18.5 Å². The van der Waals surface area contributed by atoms with E-state index in [1.807, 2.05) is 0 Å². The molecule has 0 bridgehead atoms. The van der Waals surface area contributed by atoms with Crippen LogP contribution in [0, 0.1) is 0 Å². The molecule has 1 aliphatic rings. The second-order valence-corrected chi connectivity index (χ2v) is 5.06. The molecule has 1 fully saturated rings. The Morgan fingerprint density at radius 2 is 2.20 bits per heavy atom. The normalized spacial score (nSPS) is 22.4. The summed E-state index contributed by atoms with van der Waals surface area (Å²) in [6.45, 7) is 0.890. The maximum atomic E-state index is 11.8. The van der Waals surface area contributed by atoms with Crippen LogP contribution in [0.4, 0.5) is 0 Å². The van der Waals surface area contributed by atoms with Gasteiger partial charge in [-0.3, -0.25) is 9.78 Å². The molecular formula is C14H21N3O3. The summed E-state index contributed by atoms with van der Waals surface area (Å²) < 4.78 is 5.70. The van der Waals surface area contributed by atoms with Crippen molar-refractivity contribution in [2.45, 2.75) is 37.8 Å². The molecule has 0 unspecified atom stereocenters. The number of amides is 1. The number of hydrogen-bond acceptors (Lipinski definition) is 5. The topological polar surface area (TPSA) is 97.5 Å². The van der Waals surface area contributed by atoms with Gasteiger partial charge in [0.05, 0.1) is 24.5 Å². The lowest BCUT2D eigenvalue weighted by molar-refractivity contribution is 0.0267. The molecular weight excluding hydrogens is 258 g/mol. The minimum atomic E-state index is -0.320. The van der Waals surface area contributed by atoms with Gasteiger partial charge >= 0.3 is 0 Å². The average Bonchev–Trinajstić information content (AvgIpc) is 2.46. The maximum Gasteiger partial charge on any atom is 0.255 e. The van der Waals surface area contributed by atoms with E-state index in [1.165, 1.54) is 18.5 Å². The predicted molar refractivity (Wildman–Crippen MR) is 74.4 cm³/mol. The molecule has 1 aliphatic carbocycles. The third kappa shape index (κ3) is 4.18. The minimum Gasteiger partial charge on any atom is -0.505 e. The summed E-state index contributed by atoms with van der Waals surface area (Å²) in [7, 11) is 0. The molecule has 6 heteroatoms. The van der Waals surface area contributed by atoms with Crippen LogP contribution in [-0.4, -0.2) is 41.3 Å². The first-order valence-electron chi connectivity index (χ1n) is 6.95. The van der Waals surface area contributed by atoms with Gasteiger partial charge < -0.3 is 20.9 Å². The van der Waals surface area contributed by atoms with Crippen molar-refractivity contribution in [2.24, 2.45) is 5.73 Å². The largest absolute Gasteiger partial charge is 0.505 e. The van der Waals surface area contributed by atoms with E-state index in [9.17, 15) is 9.90 Å². The monoisotopic (exact) mass is 279 g/mol. The Balaban J connectivity index is 1.66. The number of carbonyl (C=O) groups excluding carboxylic acids is 1. The smallest absolute Gasteiger partial charge is 0.255 e. The van der Waals surface area contributed by atoms with Crippen molar-refractivity contribution in [1.82, 2.24) is 10.3 Å². The van der Waals surface area contributed by atoms with Crippen LogP contribution < -0.4 is 11.1 Å². The van der Waals surface area contributed by atoms with Crippen LogP contribution in [0.25, 0.3) is 0 Å². The van der Waals surface area contributed by atoms with Gasteiger partial charge in [0, 0.05) is 18.8 Å². The molecule has 1 aromatic heterocycles. The van der Waals surface area contributed by atoms with E-state index < -0.39 is 0 Å². The number of pyridine rings is 1. The Morgan fingerprint density at radius 3 is 2.90 bits per heavy atom. The highest BCUT2D eigenvalue weighted by Gasteiger charge is 2.18. The quantitative estimate of drug-likeness (QED) is 0.693. The van der Waals surface area contributed by atoms with E-state index in [4.69, 9.17) is 10.5 Å². The maximum absolute atomic E-state index is 11.8. The average molecular weight is 279 g/mol. The van der Waals surface area contributed by atoms with Gasteiger partial charge in [-0.15, -0.1) is 0 Å². The molecule has 1 aromatic rings. The number of nitrogens with two attached hydrogens (primary N) is 1. The van der Waals surface area contributed by atoms with Gasteiger partial charge in [-0.05, 0) is 31.7 Å². The molecule has 1 heterocycles.